The van der Waals surface area contributed by atoms with Gasteiger partial charge in [-0.2, -0.15) is 0 Å². The van der Waals surface area contributed by atoms with Gasteiger partial charge in [0.05, 0.1) is 5.54 Å². The van der Waals surface area contributed by atoms with Gasteiger partial charge in [-0.15, -0.1) is 36.2 Å². The van der Waals surface area contributed by atoms with Gasteiger partial charge < -0.3 is 11.1 Å². The summed E-state index contributed by atoms with van der Waals surface area (Å²) in [5.41, 5.74) is 5.71. The van der Waals surface area contributed by atoms with Gasteiger partial charge in [-0.3, -0.25) is 9.69 Å². The summed E-state index contributed by atoms with van der Waals surface area (Å²) in [4.78, 5) is 16.4. The minimum atomic E-state index is -0.608. The largest absolute Gasteiger partial charge is 0.354 e. The monoisotopic (exact) mass is 407 g/mol. The Labute approximate surface area is 167 Å². The zero-order chi connectivity index (χ0) is 16.1. The smallest absolute Gasteiger partial charge is 0.240 e. The first kappa shape index (κ1) is 22.7. The lowest BCUT2D eigenvalue weighted by molar-refractivity contribution is -0.127. The molecule has 1 unspecified atom stereocenters. The lowest BCUT2D eigenvalue weighted by Gasteiger charge is -2.35. The van der Waals surface area contributed by atoms with E-state index >= 15 is 0 Å². The molecule has 0 spiro atoms. The minimum absolute atomic E-state index is 0. The molecule has 0 radical (unpaired) electrons. The van der Waals surface area contributed by atoms with Gasteiger partial charge in [0.2, 0.25) is 5.91 Å². The van der Waals surface area contributed by atoms with Crippen LogP contribution in [0, 0.1) is 5.92 Å². The molecule has 4 nitrogen and oxygen atoms in total. The van der Waals surface area contributed by atoms with Gasteiger partial charge in [0.15, 0.2) is 0 Å². The zero-order valence-electron chi connectivity index (χ0n) is 14.7. The molecule has 2 heterocycles. The summed E-state index contributed by atoms with van der Waals surface area (Å²) < 4.78 is 0. The average Bonchev–Trinajstić information content (AvgIpc) is 3.06. The van der Waals surface area contributed by atoms with Gasteiger partial charge in [-0.25, -0.2) is 0 Å². The lowest BCUT2D eigenvalue weighted by Crippen LogP contribution is -2.56. The van der Waals surface area contributed by atoms with E-state index in [2.05, 4.69) is 27.7 Å². The molecule has 25 heavy (non-hydrogen) atoms. The molecule has 1 aliphatic heterocycles. The molecule has 7 heteroatoms. The fraction of sp³-hybridized carbons (Fsp3) is 0.722. The van der Waals surface area contributed by atoms with Crippen LogP contribution in [0.15, 0.2) is 17.5 Å². The maximum absolute atomic E-state index is 12.5. The van der Waals surface area contributed by atoms with E-state index in [4.69, 9.17) is 5.73 Å². The van der Waals surface area contributed by atoms with E-state index < -0.39 is 5.54 Å². The summed E-state index contributed by atoms with van der Waals surface area (Å²) in [5.74, 6) is 0.632. The predicted octanol–water partition coefficient (Wildman–Crippen LogP) is 3.58. The molecule has 0 aromatic carbocycles. The SMILES string of the molecule is Cl.Cl.NC1(C(=O)NCC2CCCN(Cc3cccs3)C2)CCCCC1. The fourth-order valence-corrected chi connectivity index (χ4v) is 4.65. The molecule has 2 fully saturated rings. The summed E-state index contributed by atoms with van der Waals surface area (Å²) >= 11 is 1.83. The number of piperidine rings is 1. The van der Waals surface area contributed by atoms with Crippen LogP contribution in [0.3, 0.4) is 0 Å². The molecular formula is C18H31Cl2N3OS. The van der Waals surface area contributed by atoms with E-state index in [1.54, 1.807) is 0 Å². The summed E-state index contributed by atoms with van der Waals surface area (Å²) in [6.07, 6.45) is 7.50. The van der Waals surface area contributed by atoms with Crippen molar-refractivity contribution in [1.29, 1.82) is 0 Å². The number of likely N-dealkylation sites (tertiary alicyclic amines) is 1. The summed E-state index contributed by atoms with van der Waals surface area (Å²) in [7, 11) is 0. The fourth-order valence-electron chi connectivity index (χ4n) is 3.91. The quantitative estimate of drug-likeness (QED) is 0.783. The first-order valence-electron chi connectivity index (χ1n) is 8.98. The molecule has 2 aliphatic rings. The van der Waals surface area contributed by atoms with E-state index in [-0.39, 0.29) is 30.7 Å². The van der Waals surface area contributed by atoms with Crippen molar-refractivity contribution in [2.24, 2.45) is 11.7 Å². The topological polar surface area (TPSA) is 58.4 Å². The highest BCUT2D eigenvalue weighted by Crippen LogP contribution is 2.26. The van der Waals surface area contributed by atoms with Gasteiger partial charge in [0.25, 0.3) is 0 Å². The Balaban J connectivity index is 0.00000156. The molecule has 1 amide bonds. The van der Waals surface area contributed by atoms with Gasteiger partial charge >= 0.3 is 0 Å². The van der Waals surface area contributed by atoms with Crippen LogP contribution >= 0.6 is 36.2 Å². The van der Waals surface area contributed by atoms with E-state index in [0.29, 0.717) is 5.92 Å². The van der Waals surface area contributed by atoms with Crippen molar-refractivity contribution >= 4 is 42.1 Å². The normalized spacial score (nSPS) is 23.2. The van der Waals surface area contributed by atoms with Crippen molar-refractivity contribution < 1.29 is 4.79 Å². The Morgan fingerprint density at radius 2 is 2.04 bits per heavy atom. The number of nitrogens with zero attached hydrogens (tertiary/aromatic N) is 1. The molecule has 0 bridgehead atoms. The zero-order valence-corrected chi connectivity index (χ0v) is 17.2. The molecule has 3 rings (SSSR count). The van der Waals surface area contributed by atoms with E-state index in [0.717, 1.165) is 45.3 Å². The second-order valence-electron chi connectivity index (χ2n) is 7.25. The highest BCUT2D eigenvalue weighted by molar-refractivity contribution is 7.09. The van der Waals surface area contributed by atoms with E-state index in [1.165, 1.54) is 30.7 Å². The van der Waals surface area contributed by atoms with Gasteiger partial charge in [0, 0.05) is 24.5 Å². The molecule has 1 atom stereocenters. The number of hydrogen-bond acceptors (Lipinski definition) is 4. The van der Waals surface area contributed by atoms with Crippen molar-refractivity contribution in [3.8, 4) is 0 Å². The molecular weight excluding hydrogens is 377 g/mol. The molecule has 3 N–H and O–H groups in total. The Morgan fingerprint density at radius 3 is 2.72 bits per heavy atom. The third-order valence-corrected chi connectivity index (χ3v) is 6.17. The number of carbonyl (C=O) groups is 1. The number of halogens is 2. The lowest BCUT2D eigenvalue weighted by atomic mass is 9.82. The number of rotatable bonds is 5. The van der Waals surface area contributed by atoms with Crippen LogP contribution in [0.1, 0.15) is 49.8 Å². The molecule has 1 aromatic rings. The Hall–Kier alpha value is -0.330. The molecule has 1 saturated heterocycles. The molecule has 144 valence electrons. The number of carbonyl (C=O) groups excluding carboxylic acids is 1. The average molecular weight is 408 g/mol. The van der Waals surface area contributed by atoms with Crippen LogP contribution in [0.5, 0.6) is 0 Å². The second kappa shape index (κ2) is 10.7. The maximum Gasteiger partial charge on any atom is 0.240 e. The van der Waals surface area contributed by atoms with E-state index in [1.807, 2.05) is 11.3 Å². The minimum Gasteiger partial charge on any atom is -0.354 e. The Bertz CT molecular complexity index is 506. The number of hydrogen-bond donors (Lipinski definition) is 2. The summed E-state index contributed by atoms with van der Waals surface area (Å²) in [5, 5.41) is 5.29. The van der Waals surface area contributed by atoms with Gasteiger partial charge in [-0.05, 0) is 49.6 Å². The van der Waals surface area contributed by atoms with Crippen molar-refractivity contribution in [3.05, 3.63) is 22.4 Å². The number of amides is 1. The predicted molar refractivity (Wildman–Crippen MR) is 110 cm³/mol. The molecule has 1 saturated carbocycles. The van der Waals surface area contributed by atoms with Crippen molar-refractivity contribution in [2.75, 3.05) is 19.6 Å². The van der Waals surface area contributed by atoms with Gasteiger partial charge in [0.1, 0.15) is 0 Å². The molecule has 1 aromatic heterocycles. The third-order valence-electron chi connectivity index (χ3n) is 5.31. The van der Waals surface area contributed by atoms with Gasteiger partial charge in [-0.1, -0.05) is 25.3 Å². The Morgan fingerprint density at radius 1 is 1.28 bits per heavy atom. The summed E-state index contributed by atoms with van der Waals surface area (Å²) in [6.45, 7) is 4.07. The first-order valence-corrected chi connectivity index (χ1v) is 9.86. The standard InChI is InChI=1S/C18H29N3OS.2ClH/c19-18(8-2-1-3-9-18)17(22)20-12-15-6-4-10-21(13-15)14-16-7-5-11-23-16;;/h5,7,11,15H,1-4,6,8-10,12-14,19H2,(H,20,22);2*1H. The number of nitrogens with one attached hydrogen (secondary N) is 1. The highest BCUT2D eigenvalue weighted by Gasteiger charge is 2.35. The molecule has 1 aliphatic carbocycles. The van der Waals surface area contributed by atoms with Crippen LogP contribution in [0.4, 0.5) is 0 Å². The maximum atomic E-state index is 12.5. The highest BCUT2D eigenvalue weighted by atomic mass is 35.5. The number of nitrogens with two attached hydrogens (primary N) is 1. The van der Waals surface area contributed by atoms with Crippen LogP contribution < -0.4 is 11.1 Å². The van der Waals surface area contributed by atoms with Crippen LogP contribution in [-0.4, -0.2) is 36.0 Å². The summed E-state index contributed by atoms with van der Waals surface area (Å²) in [6, 6.07) is 4.32. The number of thiophene rings is 1. The van der Waals surface area contributed by atoms with Crippen molar-refractivity contribution in [1.82, 2.24) is 10.2 Å². The Kier molecular flexibility index (Phi) is 9.75. The van der Waals surface area contributed by atoms with Crippen molar-refractivity contribution in [2.45, 2.75) is 57.0 Å². The second-order valence-corrected chi connectivity index (χ2v) is 8.28. The van der Waals surface area contributed by atoms with Crippen LogP contribution in [-0.2, 0) is 11.3 Å². The third kappa shape index (κ3) is 6.40. The van der Waals surface area contributed by atoms with Crippen LogP contribution in [0.25, 0.3) is 0 Å². The van der Waals surface area contributed by atoms with E-state index in [9.17, 15) is 4.79 Å². The van der Waals surface area contributed by atoms with Crippen LogP contribution in [0.2, 0.25) is 0 Å². The first-order chi connectivity index (χ1) is 11.2. The van der Waals surface area contributed by atoms with Crippen molar-refractivity contribution in [3.63, 3.8) is 0 Å².